The van der Waals surface area contributed by atoms with Gasteiger partial charge in [0.15, 0.2) is 5.96 Å². The Morgan fingerprint density at radius 3 is 2.52 bits per heavy atom. The van der Waals surface area contributed by atoms with Crippen LogP contribution in [0.4, 0.5) is 10.1 Å². The summed E-state index contributed by atoms with van der Waals surface area (Å²) in [5.41, 5.74) is 1.91. The van der Waals surface area contributed by atoms with E-state index >= 15 is 0 Å². The molecule has 0 atom stereocenters. The Bertz CT molecular complexity index is 992. The van der Waals surface area contributed by atoms with Crippen LogP contribution < -0.4 is 10.2 Å². The first-order valence-electron chi connectivity index (χ1n) is 10.8. The van der Waals surface area contributed by atoms with E-state index in [1.54, 1.807) is 6.07 Å². The number of hydrogen-bond donors (Lipinski definition) is 1. The highest BCUT2D eigenvalue weighted by atomic mass is 19.1. The third-order valence-corrected chi connectivity index (χ3v) is 5.47. The number of aliphatic imine (C=N–C) groups is 1. The predicted molar refractivity (Wildman–Crippen MR) is 123 cm³/mol. The Morgan fingerprint density at radius 1 is 1.03 bits per heavy atom. The SMILES string of the molecule is CCNC(=NCc1nccn1Cc1ccccc1)N1CCN(c2ccccc2F)CC1. The Labute approximate surface area is 183 Å². The molecule has 1 N–H and O–H groups in total. The van der Waals surface area contributed by atoms with E-state index in [1.165, 1.54) is 11.6 Å². The zero-order valence-electron chi connectivity index (χ0n) is 17.9. The quantitative estimate of drug-likeness (QED) is 0.491. The molecule has 1 fully saturated rings. The highest BCUT2D eigenvalue weighted by Gasteiger charge is 2.21. The fraction of sp³-hybridized carbons (Fsp3) is 0.333. The molecule has 0 spiro atoms. The molecular weight excluding hydrogens is 391 g/mol. The summed E-state index contributed by atoms with van der Waals surface area (Å²) >= 11 is 0. The van der Waals surface area contributed by atoms with Gasteiger partial charge in [-0.3, -0.25) is 0 Å². The number of halogens is 1. The summed E-state index contributed by atoms with van der Waals surface area (Å²) in [4.78, 5) is 13.7. The van der Waals surface area contributed by atoms with E-state index in [2.05, 4.69) is 43.7 Å². The molecule has 162 valence electrons. The second-order valence-corrected chi connectivity index (χ2v) is 7.55. The van der Waals surface area contributed by atoms with Crippen molar-refractivity contribution < 1.29 is 4.39 Å². The number of nitrogens with one attached hydrogen (secondary N) is 1. The van der Waals surface area contributed by atoms with Crippen molar-refractivity contribution in [3.8, 4) is 0 Å². The lowest BCUT2D eigenvalue weighted by Gasteiger charge is -2.37. The largest absolute Gasteiger partial charge is 0.366 e. The van der Waals surface area contributed by atoms with E-state index in [1.807, 2.05) is 42.7 Å². The van der Waals surface area contributed by atoms with Gasteiger partial charge in [0.25, 0.3) is 0 Å². The molecule has 2 heterocycles. The first kappa shape index (κ1) is 20.9. The number of nitrogens with zero attached hydrogens (tertiary/aromatic N) is 5. The molecule has 4 rings (SSSR count). The van der Waals surface area contributed by atoms with Gasteiger partial charge in [0.2, 0.25) is 0 Å². The van der Waals surface area contributed by atoms with Crippen molar-refractivity contribution in [1.82, 2.24) is 19.8 Å². The van der Waals surface area contributed by atoms with E-state index in [4.69, 9.17) is 4.99 Å². The zero-order chi connectivity index (χ0) is 21.5. The molecule has 0 amide bonds. The summed E-state index contributed by atoms with van der Waals surface area (Å²) < 4.78 is 16.3. The number of imidazole rings is 1. The van der Waals surface area contributed by atoms with Gasteiger partial charge in [0, 0.05) is 51.7 Å². The maximum Gasteiger partial charge on any atom is 0.194 e. The van der Waals surface area contributed by atoms with E-state index < -0.39 is 0 Å². The number of aromatic nitrogens is 2. The van der Waals surface area contributed by atoms with Crippen LogP contribution >= 0.6 is 0 Å². The molecule has 31 heavy (non-hydrogen) atoms. The summed E-state index contributed by atoms with van der Waals surface area (Å²) in [6.45, 7) is 7.25. The number of guanidine groups is 1. The van der Waals surface area contributed by atoms with Crippen LogP contribution in [0.3, 0.4) is 0 Å². The summed E-state index contributed by atoms with van der Waals surface area (Å²) in [6.07, 6.45) is 3.83. The number of benzene rings is 2. The standard InChI is InChI=1S/C24H29FN6/c1-2-26-24(30-16-14-29(15-17-30)22-11-7-6-10-21(22)25)28-18-23-27-12-13-31(23)19-20-8-4-3-5-9-20/h3-13H,2,14-19H2,1H3,(H,26,28). The van der Waals surface area contributed by atoms with Crippen LogP contribution in [0.2, 0.25) is 0 Å². The topological polar surface area (TPSA) is 48.7 Å². The highest BCUT2D eigenvalue weighted by molar-refractivity contribution is 5.80. The number of anilines is 1. The highest BCUT2D eigenvalue weighted by Crippen LogP contribution is 2.20. The van der Waals surface area contributed by atoms with E-state index in [0.29, 0.717) is 12.2 Å². The third-order valence-electron chi connectivity index (χ3n) is 5.47. The minimum Gasteiger partial charge on any atom is -0.366 e. The number of rotatable bonds is 6. The van der Waals surface area contributed by atoms with Crippen LogP contribution in [0.25, 0.3) is 0 Å². The zero-order valence-corrected chi connectivity index (χ0v) is 17.9. The smallest absolute Gasteiger partial charge is 0.194 e. The van der Waals surface area contributed by atoms with E-state index in [9.17, 15) is 4.39 Å². The molecule has 1 saturated heterocycles. The fourth-order valence-corrected chi connectivity index (χ4v) is 3.85. The van der Waals surface area contributed by atoms with Crippen molar-refractivity contribution >= 4 is 11.6 Å². The number of hydrogen-bond acceptors (Lipinski definition) is 3. The summed E-state index contributed by atoms with van der Waals surface area (Å²) in [7, 11) is 0. The first-order chi connectivity index (χ1) is 15.2. The van der Waals surface area contributed by atoms with Gasteiger partial charge in [-0.15, -0.1) is 0 Å². The van der Waals surface area contributed by atoms with Crippen LogP contribution in [-0.4, -0.2) is 53.1 Å². The molecule has 1 aliphatic heterocycles. The molecule has 1 aliphatic rings. The molecule has 7 heteroatoms. The van der Waals surface area contributed by atoms with Crippen molar-refractivity contribution in [3.05, 3.63) is 84.2 Å². The summed E-state index contributed by atoms with van der Waals surface area (Å²) in [6, 6.07) is 17.3. The first-order valence-corrected chi connectivity index (χ1v) is 10.8. The Hall–Kier alpha value is -3.35. The molecule has 1 aromatic heterocycles. The van der Waals surface area contributed by atoms with Gasteiger partial charge in [-0.05, 0) is 24.6 Å². The molecule has 0 bridgehead atoms. The minimum absolute atomic E-state index is 0.165. The maximum atomic E-state index is 14.1. The number of para-hydroxylation sites is 1. The Morgan fingerprint density at radius 2 is 1.77 bits per heavy atom. The summed E-state index contributed by atoms with van der Waals surface area (Å²) in [5.74, 6) is 1.65. The van der Waals surface area contributed by atoms with Gasteiger partial charge in [-0.1, -0.05) is 42.5 Å². The Balaban J connectivity index is 1.41. The van der Waals surface area contributed by atoms with Crippen molar-refractivity contribution in [3.63, 3.8) is 0 Å². The van der Waals surface area contributed by atoms with Crippen molar-refractivity contribution in [2.45, 2.75) is 20.0 Å². The Kier molecular flexibility index (Phi) is 6.82. The molecule has 0 aliphatic carbocycles. The van der Waals surface area contributed by atoms with Crippen LogP contribution in [-0.2, 0) is 13.1 Å². The lowest BCUT2D eigenvalue weighted by Crippen LogP contribution is -2.52. The molecule has 0 radical (unpaired) electrons. The lowest BCUT2D eigenvalue weighted by atomic mass is 10.2. The van der Waals surface area contributed by atoms with Crippen LogP contribution in [0.5, 0.6) is 0 Å². The van der Waals surface area contributed by atoms with Crippen molar-refractivity contribution in [1.29, 1.82) is 0 Å². The monoisotopic (exact) mass is 420 g/mol. The molecule has 3 aromatic rings. The second kappa shape index (κ2) is 10.1. The van der Waals surface area contributed by atoms with Crippen molar-refractivity contribution in [2.24, 2.45) is 4.99 Å². The molecule has 6 nitrogen and oxygen atoms in total. The average molecular weight is 421 g/mol. The molecule has 0 saturated carbocycles. The summed E-state index contributed by atoms with van der Waals surface area (Å²) in [5, 5.41) is 3.40. The second-order valence-electron chi connectivity index (χ2n) is 7.55. The molecular formula is C24H29FN6. The normalized spacial score (nSPS) is 14.7. The van der Waals surface area contributed by atoms with E-state index in [-0.39, 0.29) is 5.82 Å². The van der Waals surface area contributed by atoms with Crippen LogP contribution in [0.1, 0.15) is 18.3 Å². The van der Waals surface area contributed by atoms with Crippen LogP contribution in [0.15, 0.2) is 72.0 Å². The van der Waals surface area contributed by atoms with Gasteiger partial charge in [-0.25, -0.2) is 14.4 Å². The van der Waals surface area contributed by atoms with Crippen LogP contribution in [0, 0.1) is 5.82 Å². The van der Waals surface area contributed by atoms with Crippen molar-refractivity contribution in [2.75, 3.05) is 37.6 Å². The predicted octanol–water partition coefficient (Wildman–Crippen LogP) is 3.36. The number of piperazine rings is 1. The van der Waals surface area contributed by atoms with E-state index in [0.717, 1.165) is 51.1 Å². The maximum absolute atomic E-state index is 14.1. The fourth-order valence-electron chi connectivity index (χ4n) is 3.85. The third kappa shape index (κ3) is 5.23. The minimum atomic E-state index is -0.165. The van der Waals surface area contributed by atoms with Gasteiger partial charge in [0.05, 0.1) is 5.69 Å². The van der Waals surface area contributed by atoms with Gasteiger partial charge >= 0.3 is 0 Å². The van der Waals surface area contributed by atoms with Gasteiger partial charge < -0.3 is 19.7 Å². The van der Waals surface area contributed by atoms with Gasteiger partial charge in [0.1, 0.15) is 18.2 Å². The molecule has 0 unspecified atom stereocenters. The lowest BCUT2D eigenvalue weighted by molar-refractivity contribution is 0.370. The molecule has 2 aromatic carbocycles. The average Bonchev–Trinajstić information content (AvgIpc) is 3.25. The van der Waals surface area contributed by atoms with Gasteiger partial charge in [-0.2, -0.15) is 0 Å².